The summed E-state index contributed by atoms with van der Waals surface area (Å²) in [6, 6.07) is 19.7. The standard InChI is InChI=1S/C21H20N6OS/c1-15-19(20(28)23-12-16-8-4-2-5-9-16)29-21(24-15)27-14-18(25-26-27)13-22-17-10-6-3-7-11-17/h2-11,14,22H,12-13H2,1H3,(H,23,28). The van der Waals surface area contributed by atoms with E-state index < -0.39 is 0 Å². The number of nitrogens with zero attached hydrogens (tertiary/aromatic N) is 4. The zero-order chi connectivity index (χ0) is 20.1. The molecule has 8 heteroatoms. The highest BCUT2D eigenvalue weighted by molar-refractivity contribution is 7.16. The number of para-hydroxylation sites is 1. The number of amides is 1. The van der Waals surface area contributed by atoms with Crippen molar-refractivity contribution >= 4 is 22.9 Å². The third-order valence-corrected chi connectivity index (χ3v) is 5.42. The number of rotatable bonds is 7. The van der Waals surface area contributed by atoms with Crippen LogP contribution in [-0.2, 0) is 13.1 Å². The average Bonchev–Trinajstić information content (AvgIpc) is 3.39. The first kappa shape index (κ1) is 18.8. The number of hydrogen-bond donors (Lipinski definition) is 2. The van der Waals surface area contributed by atoms with Crippen molar-refractivity contribution in [1.82, 2.24) is 25.3 Å². The fourth-order valence-electron chi connectivity index (χ4n) is 2.77. The van der Waals surface area contributed by atoms with Crippen molar-refractivity contribution in [2.24, 2.45) is 0 Å². The van der Waals surface area contributed by atoms with Crippen LogP contribution < -0.4 is 10.6 Å². The Morgan fingerprint density at radius 1 is 1.03 bits per heavy atom. The summed E-state index contributed by atoms with van der Waals surface area (Å²) in [6.45, 7) is 2.86. The van der Waals surface area contributed by atoms with E-state index in [1.165, 1.54) is 11.3 Å². The zero-order valence-corrected chi connectivity index (χ0v) is 16.7. The molecule has 0 spiro atoms. The number of carbonyl (C=O) groups is 1. The number of anilines is 1. The van der Waals surface area contributed by atoms with Crippen LogP contribution in [0.1, 0.15) is 26.6 Å². The lowest BCUT2D eigenvalue weighted by Crippen LogP contribution is -2.22. The van der Waals surface area contributed by atoms with Crippen LogP contribution >= 0.6 is 11.3 Å². The van der Waals surface area contributed by atoms with Gasteiger partial charge in [-0.15, -0.1) is 5.10 Å². The Balaban J connectivity index is 1.41. The van der Waals surface area contributed by atoms with E-state index >= 15 is 0 Å². The van der Waals surface area contributed by atoms with Crippen LogP contribution in [0.25, 0.3) is 5.13 Å². The quantitative estimate of drug-likeness (QED) is 0.492. The molecule has 0 fully saturated rings. The van der Waals surface area contributed by atoms with Crippen molar-refractivity contribution in [3.05, 3.63) is 88.7 Å². The predicted molar refractivity (Wildman–Crippen MR) is 113 cm³/mol. The normalized spacial score (nSPS) is 10.7. The van der Waals surface area contributed by atoms with Gasteiger partial charge in [0.2, 0.25) is 5.13 Å². The molecule has 2 N–H and O–H groups in total. The van der Waals surface area contributed by atoms with Crippen molar-refractivity contribution in [3.8, 4) is 5.13 Å². The molecule has 0 aliphatic carbocycles. The molecule has 2 aromatic carbocycles. The lowest BCUT2D eigenvalue weighted by molar-refractivity contribution is 0.0954. The van der Waals surface area contributed by atoms with Gasteiger partial charge >= 0.3 is 0 Å². The van der Waals surface area contributed by atoms with Gasteiger partial charge in [0, 0.05) is 12.2 Å². The van der Waals surface area contributed by atoms with E-state index in [1.807, 2.05) is 73.8 Å². The molecule has 1 amide bonds. The van der Waals surface area contributed by atoms with Gasteiger partial charge in [-0.25, -0.2) is 4.98 Å². The molecule has 7 nitrogen and oxygen atoms in total. The predicted octanol–water partition coefficient (Wildman–Crippen LogP) is 3.57. The number of hydrogen-bond acceptors (Lipinski definition) is 6. The van der Waals surface area contributed by atoms with Crippen molar-refractivity contribution in [1.29, 1.82) is 0 Å². The third-order valence-electron chi connectivity index (χ3n) is 4.27. The topological polar surface area (TPSA) is 84.7 Å². The Kier molecular flexibility index (Phi) is 5.62. The molecule has 0 bridgehead atoms. The van der Waals surface area contributed by atoms with Gasteiger partial charge in [0.05, 0.1) is 18.4 Å². The van der Waals surface area contributed by atoms with Gasteiger partial charge < -0.3 is 10.6 Å². The molecular weight excluding hydrogens is 384 g/mol. The van der Waals surface area contributed by atoms with Crippen LogP contribution in [0.5, 0.6) is 0 Å². The van der Waals surface area contributed by atoms with Gasteiger partial charge in [-0.1, -0.05) is 65.1 Å². The lowest BCUT2D eigenvalue weighted by Gasteiger charge is -2.03. The Labute approximate surface area is 172 Å². The average molecular weight is 404 g/mol. The van der Waals surface area contributed by atoms with Gasteiger partial charge in [0.15, 0.2) is 0 Å². The molecule has 0 aliphatic heterocycles. The maximum Gasteiger partial charge on any atom is 0.263 e. The molecule has 0 radical (unpaired) electrons. The Hall–Kier alpha value is -3.52. The first-order chi connectivity index (χ1) is 14.2. The van der Waals surface area contributed by atoms with Gasteiger partial charge in [-0.05, 0) is 24.6 Å². The van der Waals surface area contributed by atoms with Crippen LogP contribution in [0.4, 0.5) is 5.69 Å². The summed E-state index contributed by atoms with van der Waals surface area (Å²) >= 11 is 1.30. The smallest absolute Gasteiger partial charge is 0.263 e. The van der Waals surface area contributed by atoms with Crippen LogP contribution in [0, 0.1) is 6.92 Å². The molecule has 0 saturated carbocycles. The Bertz CT molecular complexity index is 1090. The molecule has 2 heterocycles. The van der Waals surface area contributed by atoms with Crippen molar-refractivity contribution in [3.63, 3.8) is 0 Å². The summed E-state index contributed by atoms with van der Waals surface area (Å²) < 4.78 is 1.60. The summed E-state index contributed by atoms with van der Waals surface area (Å²) in [4.78, 5) is 17.6. The Morgan fingerprint density at radius 3 is 2.52 bits per heavy atom. The monoisotopic (exact) mass is 404 g/mol. The summed E-state index contributed by atoms with van der Waals surface area (Å²) in [5.74, 6) is -0.138. The fourth-order valence-corrected chi connectivity index (χ4v) is 3.68. The molecule has 0 aliphatic rings. The minimum Gasteiger partial charge on any atom is -0.379 e. The van der Waals surface area contributed by atoms with Crippen molar-refractivity contribution in [2.75, 3.05) is 5.32 Å². The largest absolute Gasteiger partial charge is 0.379 e. The van der Waals surface area contributed by atoms with E-state index in [9.17, 15) is 4.79 Å². The van der Waals surface area contributed by atoms with E-state index in [4.69, 9.17) is 0 Å². The molecule has 29 heavy (non-hydrogen) atoms. The summed E-state index contributed by atoms with van der Waals surface area (Å²) in [7, 11) is 0. The molecule has 0 atom stereocenters. The van der Waals surface area contributed by atoms with Gasteiger partial charge in [-0.3, -0.25) is 4.79 Å². The van der Waals surface area contributed by atoms with E-state index in [2.05, 4.69) is 25.9 Å². The second-order valence-electron chi connectivity index (χ2n) is 6.45. The second-order valence-corrected chi connectivity index (χ2v) is 7.43. The number of aromatic nitrogens is 4. The van der Waals surface area contributed by atoms with Gasteiger partial charge in [0.25, 0.3) is 5.91 Å². The number of aryl methyl sites for hydroxylation is 1. The molecule has 0 unspecified atom stereocenters. The third kappa shape index (κ3) is 4.67. The van der Waals surface area contributed by atoms with Crippen LogP contribution in [0.15, 0.2) is 66.9 Å². The van der Waals surface area contributed by atoms with Crippen molar-refractivity contribution in [2.45, 2.75) is 20.0 Å². The molecule has 0 saturated heterocycles. The van der Waals surface area contributed by atoms with E-state index in [1.54, 1.807) is 4.68 Å². The number of benzene rings is 2. The summed E-state index contributed by atoms with van der Waals surface area (Å²) in [5.41, 5.74) is 3.53. The first-order valence-corrected chi connectivity index (χ1v) is 10.0. The highest BCUT2D eigenvalue weighted by Crippen LogP contribution is 2.21. The molecular formula is C21H20N6OS. The second kappa shape index (κ2) is 8.66. The van der Waals surface area contributed by atoms with Gasteiger partial charge in [0.1, 0.15) is 10.6 Å². The Morgan fingerprint density at radius 2 is 1.76 bits per heavy atom. The zero-order valence-electron chi connectivity index (χ0n) is 15.9. The maximum absolute atomic E-state index is 12.6. The molecule has 2 aromatic heterocycles. The SMILES string of the molecule is Cc1nc(-n2cc(CNc3ccccc3)nn2)sc1C(=O)NCc1ccccc1. The van der Waals surface area contributed by atoms with Crippen LogP contribution in [0.3, 0.4) is 0 Å². The molecule has 4 aromatic rings. The summed E-state index contributed by atoms with van der Waals surface area (Å²) in [6.07, 6.45) is 1.82. The number of thiazole rings is 1. The molecule has 4 rings (SSSR count). The minimum atomic E-state index is -0.138. The maximum atomic E-state index is 12.6. The lowest BCUT2D eigenvalue weighted by atomic mass is 10.2. The molecule has 146 valence electrons. The van der Waals surface area contributed by atoms with Crippen LogP contribution in [0.2, 0.25) is 0 Å². The highest BCUT2D eigenvalue weighted by atomic mass is 32.1. The summed E-state index contributed by atoms with van der Waals surface area (Å²) in [5, 5.41) is 15.2. The van der Waals surface area contributed by atoms with E-state index in [-0.39, 0.29) is 5.91 Å². The first-order valence-electron chi connectivity index (χ1n) is 9.19. The van der Waals surface area contributed by atoms with E-state index in [0.717, 1.165) is 16.9 Å². The van der Waals surface area contributed by atoms with E-state index in [0.29, 0.717) is 28.8 Å². The highest BCUT2D eigenvalue weighted by Gasteiger charge is 2.17. The minimum absolute atomic E-state index is 0.138. The van der Waals surface area contributed by atoms with Crippen LogP contribution in [-0.4, -0.2) is 25.9 Å². The van der Waals surface area contributed by atoms with Gasteiger partial charge in [-0.2, -0.15) is 4.68 Å². The fraction of sp³-hybridized carbons (Fsp3) is 0.143. The number of carbonyl (C=O) groups excluding carboxylic acids is 1. The van der Waals surface area contributed by atoms with Crippen molar-refractivity contribution < 1.29 is 4.79 Å². The number of nitrogens with one attached hydrogen (secondary N) is 2.